The van der Waals surface area contributed by atoms with Crippen molar-refractivity contribution in [1.82, 2.24) is 0 Å². The van der Waals surface area contributed by atoms with Crippen molar-refractivity contribution < 1.29 is 9.59 Å². The Kier molecular flexibility index (Phi) is 4.52. The monoisotopic (exact) mass is 284 g/mol. The highest BCUT2D eigenvalue weighted by Gasteiger charge is 2.38. The Hall–Kier alpha value is -1.44. The van der Waals surface area contributed by atoms with E-state index in [2.05, 4.69) is 0 Å². The molecule has 0 N–H and O–H groups in total. The minimum absolute atomic E-state index is 0.249. The lowest BCUT2D eigenvalue weighted by atomic mass is 9.82. The van der Waals surface area contributed by atoms with Crippen LogP contribution in [0.15, 0.2) is 30.3 Å². The van der Waals surface area contributed by atoms with Crippen molar-refractivity contribution in [2.75, 3.05) is 0 Å². The molecular formula is C19H24O2. The van der Waals surface area contributed by atoms with Gasteiger partial charge in [0.1, 0.15) is 5.78 Å². The lowest BCUT2D eigenvalue weighted by Gasteiger charge is -2.22. The van der Waals surface area contributed by atoms with Gasteiger partial charge in [-0.3, -0.25) is 9.59 Å². The van der Waals surface area contributed by atoms with Gasteiger partial charge in [-0.2, -0.15) is 0 Å². The highest BCUT2D eigenvalue weighted by molar-refractivity contribution is 5.95. The van der Waals surface area contributed by atoms with E-state index < -0.39 is 0 Å². The molecule has 2 saturated carbocycles. The van der Waals surface area contributed by atoms with Crippen LogP contribution >= 0.6 is 0 Å². The first-order valence-electron chi connectivity index (χ1n) is 8.34. The standard InChI is InChI=1S/C19H24O2/c20-17-8-4-7-14-9-10-15(18(14)13-17)11-12-19(21)16-5-2-1-3-6-16/h1-3,5-6,14-15,18H,4,7-13H2/t14-,15+,18+/m0/s1. The van der Waals surface area contributed by atoms with Crippen LogP contribution in [0.5, 0.6) is 0 Å². The first kappa shape index (κ1) is 14.5. The zero-order chi connectivity index (χ0) is 14.7. The average molecular weight is 284 g/mol. The molecule has 0 heterocycles. The smallest absolute Gasteiger partial charge is 0.162 e. The lowest BCUT2D eigenvalue weighted by Crippen LogP contribution is -2.17. The molecule has 2 aliphatic carbocycles. The Labute approximate surface area is 126 Å². The minimum atomic E-state index is 0.249. The molecule has 0 bridgehead atoms. The second kappa shape index (κ2) is 6.55. The molecule has 0 saturated heterocycles. The Balaban J connectivity index is 1.58. The van der Waals surface area contributed by atoms with Crippen LogP contribution in [-0.4, -0.2) is 11.6 Å². The second-order valence-corrected chi connectivity index (χ2v) is 6.72. The third-order valence-electron chi connectivity index (χ3n) is 5.45. The van der Waals surface area contributed by atoms with E-state index in [4.69, 9.17) is 0 Å². The number of carbonyl (C=O) groups is 2. The first-order valence-corrected chi connectivity index (χ1v) is 8.34. The van der Waals surface area contributed by atoms with E-state index in [0.29, 0.717) is 24.0 Å². The largest absolute Gasteiger partial charge is 0.300 e. The fraction of sp³-hybridized carbons (Fsp3) is 0.579. The number of hydrogen-bond donors (Lipinski definition) is 0. The van der Waals surface area contributed by atoms with E-state index in [1.54, 1.807) is 0 Å². The topological polar surface area (TPSA) is 34.1 Å². The SMILES string of the molecule is O=C1CCC[C@H]2CC[C@H](CCC(=O)c3ccccc3)[C@@H]2C1. The molecule has 2 aliphatic rings. The number of ketones is 2. The van der Waals surface area contributed by atoms with Gasteiger partial charge < -0.3 is 0 Å². The highest BCUT2D eigenvalue weighted by Crippen LogP contribution is 2.45. The van der Waals surface area contributed by atoms with E-state index in [9.17, 15) is 9.59 Å². The first-order chi connectivity index (χ1) is 10.2. The maximum atomic E-state index is 12.2. The zero-order valence-electron chi connectivity index (χ0n) is 12.6. The van der Waals surface area contributed by atoms with Gasteiger partial charge in [-0.1, -0.05) is 30.3 Å². The molecule has 3 atom stereocenters. The van der Waals surface area contributed by atoms with Gasteiger partial charge in [-0.25, -0.2) is 0 Å². The summed E-state index contributed by atoms with van der Waals surface area (Å²) in [6, 6.07) is 9.57. The lowest BCUT2D eigenvalue weighted by molar-refractivity contribution is -0.120. The van der Waals surface area contributed by atoms with Gasteiger partial charge >= 0.3 is 0 Å². The van der Waals surface area contributed by atoms with Crippen LogP contribution in [0.25, 0.3) is 0 Å². The molecule has 3 rings (SSSR count). The summed E-state index contributed by atoms with van der Waals surface area (Å²) in [5.74, 6) is 2.59. The molecule has 2 fully saturated rings. The average Bonchev–Trinajstić information content (AvgIpc) is 2.77. The molecule has 0 aliphatic heterocycles. The molecule has 2 nitrogen and oxygen atoms in total. The predicted octanol–water partition coefficient (Wildman–Crippen LogP) is 4.44. The predicted molar refractivity (Wildman–Crippen MR) is 83.2 cm³/mol. The van der Waals surface area contributed by atoms with Crippen molar-refractivity contribution in [2.45, 2.75) is 51.4 Å². The zero-order valence-corrected chi connectivity index (χ0v) is 12.6. The van der Waals surface area contributed by atoms with Crippen LogP contribution in [0.3, 0.4) is 0 Å². The van der Waals surface area contributed by atoms with E-state index in [-0.39, 0.29) is 5.78 Å². The molecule has 0 aromatic heterocycles. The molecule has 0 spiro atoms. The number of benzene rings is 1. The van der Waals surface area contributed by atoms with Crippen LogP contribution in [0.2, 0.25) is 0 Å². The Morgan fingerprint density at radius 2 is 1.90 bits per heavy atom. The second-order valence-electron chi connectivity index (χ2n) is 6.72. The molecule has 112 valence electrons. The molecular weight excluding hydrogens is 260 g/mol. The molecule has 1 aromatic carbocycles. The van der Waals surface area contributed by atoms with E-state index >= 15 is 0 Å². The number of rotatable bonds is 4. The summed E-state index contributed by atoms with van der Waals surface area (Å²) in [7, 11) is 0. The Morgan fingerprint density at radius 1 is 1.10 bits per heavy atom. The van der Waals surface area contributed by atoms with Crippen LogP contribution in [-0.2, 0) is 4.79 Å². The number of fused-ring (bicyclic) bond motifs is 1. The normalized spacial score (nSPS) is 29.0. The fourth-order valence-electron chi connectivity index (χ4n) is 4.30. The van der Waals surface area contributed by atoms with Crippen LogP contribution < -0.4 is 0 Å². The summed E-state index contributed by atoms with van der Waals surface area (Å²) in [4.78, 5) is 24.1. The number of carbonyl (C=O) groups excluding carboxylic acids is 2. The summed E-state index contributed by atoms with van der Waals surface area (Å²) < 4.78 is 0. The van der Waals surface area contributed by atoms with Crippen molar-refractivity contribution in [2.24, 2.45) is 17.8 Å². The van der Waals surface area contributed by atoms with Crippen molar-refractivity contribution in [3.8, 4) is 0 Å². The number of Topliss-reactive ketones (excluding diaryl/α,β-unsaturated/α-hetero) is 2. The Morgan fingerprint density at radius 3 is 2.71 bits per heavy atom. The van der Waals surface area contributed by atoms with Gasteiger partial charge in [0.25, 0.3) is 0 Å². The van der Waals surface area contributed by atoms with Crippen molar-refractivity contribution in [3.63, 3.8) is 0 Å². The van der Waals surface area contributed by atoms with E-state index in [1.807, 2.05) is 30.3 Å². The van der Waals surface area contributed by atoms with E-state index in [0.717, 1.165) is 37.2 Å². The quantitative estimate of drug-likeness (QED) is 0.766. The van der Waals surface area contributed by atoms with Gasteiger partial charge in [-0.15, -0.1) is 0 Å². The molecule has 1 aromatic rings. The third kappa shape index (κ3) is 3.42. The minimum Gasteiger partial charge on any atom is -0.300 e. The summed E-state index contributed by atoms with van der Waals surface area (Å²) in [6.45, 7) is 0. The van der Waals surface area contributed by atoms with Crippen molar-refractivity contribution in [1.29, 1.82) is 0 Å². The van der Waals surface area contributed by atoms with Gasteiger partial charge in [0.2, 0.25) is 0 Å². The van der Waals surface area contributed by atoms with Gasteiger partial charge in [0.15, 0.2) is 5.78 Å². The molecule has 0 radical (unpaired) electrons. The summed E-state index contributed by atoms with van der Waals surface area (Å²) in [5, 5.41) is 0. The third-order valence-corrected chi connectivity index (χ3v) is 5.45. The maximum absolute atomic E-state index is 12.2. The number of hydrogen-bond acceptors (Lipinski definition) is 2. The summed E-state index contributed by atoms with van der Waals surface area (Å²) >= 11 is 0. The van der Waals surface area contributed by atoms with Crippen LogP contribution in [0.4, 0.5) is 0 Å². The van der Waals surface area contributed by atoms with Crippen molar-refractivity contribution in [3.05, 3.63) is 35.9 Å². The van der Waals surface area contributed by atoms with Crippen LogP contribution in [0, 0.1) is 17.8 Å². The Bertz CT molecular complexity index is 506. The van der Waals surface area contributed by atoms with Crippen LogP contribution in [0.1, 0.15) is 61.7 Å². The van der Waals surface area contributed by atoms with E-state index in [1.165, 1.54) is 19.3 Å². The molecule has 0 amide bonds. The molecule has 0 unspecified atom stereocenters. The maximum Gasteiger partial charge on any atom is 0.162 e. The highest BCUT2D eigenvalue weighted by atomic mass is 16.1. The van der Waals surface area contributed by atoms with Gasteiger partial charge in [-0.05, 0) is 49.9 Å². The van der Waals surface area contributed by atoms with Gasteiger partial charge in [0, 0.05) is 24.8 Å². The summed E-state index contributed by atoms with van der Waals surface area (Å²) in [5.41, 5.74) is 0.823. The molecule has 21 heavy (non-hydrogen) atoms. The van der Waals surface area contributed by atoms with Crippen molar-refractivity contribution >= 4 is 11.6 Å². The van der Waals surface area contributed by atoms with Gasteiger partial charge in [0.05, 0.1) is 0 Å². The molecule has 2 heteroatoms. The fourth-order valence-corrected chi connectivity index (χ4v) is 4.30. The summed E-state index contributed by atoms with van der Waals surface area (Å²) in [6.07, 6.45) is 7.92.